The first-order valence-electron chi connectivity index (χ1n) is 5.13. The first-order chi connectivity index (χ1) is 8.56. The molecule has 0 saturated heterocycles. The average molecular weight is 283 g/mol. The van der Waals surface area contributed by atoms with Crippen LogP contribution in [-0.4, -0.2) is 16.1 Å². The fraction of sp³-hybridized carbons (Fsp3) is 0.167. The third-order valence-corrected chi connectivity index (χ3v) is 4.43. The normalized spacial score (nSPS) is 10.6. The molecule has 3 nitrogen and oxygen atoms in total. The molecular weight excluding hydrogens is 273 g/mol. The van der Waals surface area contributed by atoms with E-state index in [0.29, 0.717) is 11.3 Å². The number of hydrogen-bond donors (Lipinski definition) is 1. The summed E-state index contributed by atoms with van der Waals surface area (Å²) in [5.74, 6) is -1.06. The molecule has 0 aliphatic carbocycles. The molecule has 0 radical (unpaired) electrons. The highest BCUT2D eigenvalue weighted by molar-refractivity contribution is 8.00. The summed E-state index contributed by atoms with van der Waals surface area (Å²) in [6.45, 7) is 1.90. The van der Waals surface area contributed by atoms with Gasteiger partial charge < -0.3 is 5.11 Å². The summed E-state index contributed by atoms with van der Waals surface area (Å²) in [6, 6.07) is 3.82. The number of carboxylic acid groups (broad SMARTS) is 1. The minimum absolute atomic E-state index is 0.0994. The van der Waals surface area contributed by atoms with Crippen LogP contribution < -0.4 is 0 Å². The zero-order chi connectivity index (χ0) is 13.1. The highest BCUT2D eigenvalue weighted by Gasteiger charge is 2.09. The van der Waals surface area contributed by atoms with Crippen molar-refractivity contribution in [3.05, 3.63) is 46.2 Å². The van der Waals surface area contributed by atoms with Gasteiger partial charge in [-0.15, -0.1) is 11.3 Å². The number of aromatic nitrogens is 1. The maximum Gasteiger partial charge on any atom is 0.335 e. The molecule has 2 rings (SSSR count). The van der Waals surface area contributed by atoms with E-state index in [4.69, 9.17) is 5.11 Å². The lowest BCUT2D eigenvalue weighted by molar-refractivity contribution is 0.0696. The van der Waals surface area contributed by atoms with Crippen molar-refractivity contribution in [1.82, 2.24) is 4.98 Å². The van der Waals surface area contributed by atoms with E-state index in [1.54, 1.807) is 0 Å². The highest BCUT2D eigenvalue weighted by atomic mass is 32.2. The van der Waals surface area contributed by atoms with Gasteiger partial charge in [0.15, 0.2) is 0 Å². The third-order valence-electron chi connectivity index (χ3n) is 2.24. The number of nitrogens with zero attached hydrogens (tertiary/aromatic N) is 1. The Hall–Kier alpha value is -1.40. The quantitative estimate of drug-likeness (QED) is 0.871. The van der Waals surface area contributed by atoms with Crippen molar-refractivity contribution in [1.29, 1.82) is 0 Å². The predicted octanol–water partition coefficient (Wildman–Crippen LogP) is 3.58. The zero-order valence-electron chi connectivity index (χ0n) is 9.51. The number of thioether (sulfide) groups is 1. The zero-order valence-corrected chi connectivity index (χ0v) is 11.1. The fourth-order valence-corrected chi connectivity index (χ4v) is 3.18. The van der Waals surface area contributed by atoms with Crippen molar-refractivity contribution in [3.63, 3.8) is 0 Å². The molecule has 1 heterocycles. The van der Waals surface area contributed by atoms with Crippen LogP contribution in [0.1, 0.15) is 21.6 Å². The number of aromatic carboxylic acids is 1. The second-order valence-electron chi connectivity index (χ2n) is 3.65. The van der Waals surface area contributed by atoms with Crippen molar-refractivity contribution < 1.29 is 14.3 Å². The van der Waals surface area contributed by atoms with Gasteiger partial charge in [-0.2, -0.15) is 0 Å². The first-order valence-corrected chi connectivity index (χ1v) is 6.99. The van der Waals surface area contributed by atoms with Crippen molar-refractivity contribution in [2.24, 2.45) is 0 Å². The molecule has 0 atom stereocenters. The summed E-state index contributed by atoms with van der Waals surface area (Å²) in [5, 5.41) is 10.8. The second-order valence-corrected chi connectivity index (χ2v) is 5.74. The van der Waals surface area contributed by atoms with E-state index >= 15 is 0 Å². The summed E-state index contributed by atoms with van der Waals surface area (Å²) in [4.78, 5) is 15.1. The largest absolute Gasteiger partial charge is 0.478 e. The molecular formula is C12H10FNO2S2. The standard InChI is InChI=1S/C12H10FNO2S2/c1-7-5-17-12(14-7)18-6-9-4-8(11(15)16)2-3-10(9)13/h2-5H,6H2,1H3,(H,15,16). The Morgan fingerprint density at radius 1 is 1.56 bits per heavy atom. The Kier molecular flexibility index (Phi) is 3.98. The molecule has 0 saturated carbocycles. The van der Waals surface area contributed by atoms with Crippen molar-refractivity contribution in [2.45, 2.75) is 17.0 Å². The molecule has 0 fully saturated rings. The minimum Gasteiger partial charge on any atom is -0.478 e. The molecule has 2 aromatic rings. The van der Waals surface area contributed by atoms with Crippen LogP contribution in [0.2, 0.25) is 0 Å². The van der Waals surface area contributed by atoms with Gasteiger partial charge in [-0.3, -0.25) is 0 Å². The van der Waals surface area contributed by atoms with Crippen LogP contribution in [0.3, 0.4) is 0 Å². The molecule has 94 valence electrons. The van der Waals surface area contributed by atoms with Crippen LogP contribution >= 0.6 is 23.1 Å². The SMILES string of the molecule is Cc1csc(SCc2cc(C(=O)O)ccc2F)n1. The number of carboxylic acids is 1. The fourth-order valence-electron chi connectivity index (χ4n) is 1.36. The molecule has 1 N–H and O–H groups in total. The third kappa shape index (κ3) is 3.08. The summed E-state index contributed by atoms with van der Waals surface area (Å²) >= 11 is 2.90. The van der Waals surface area contributed by atoms with Crippen LogP contribution in [0.5, 0.6) is 0 Å². The van der Waals surface area contributed by atoms with E-state index in [0.717, 1.165) is 10.0 Å². The summed E-state index contributed by atoms with van der Waals surface area (Å²) in [6.07, 6.45) is 0. The van der Waals surface area contributed by atoms with Crippen LogP contribution in [0, 0.1) is 12.7 Å². The van der Waals surface area contributed by atoms with Gasteiger partial charge in [0.05, 0.1) is 5.56 Å². The van der Waals surface area contributed by atoms with Gasteiger partial charge in [-0.1, -0.05) is 11.8 Å². The van der Waals surface area contributed by atoms with Gasteiger partial charge in [0.2, 0.25) is 0 Å². The van der Waals surface area contributed by atoms with E-state index in [1.807, 2.05) is 12.3 Å². The van der Waals surface area contributed by atoms with Gasteiger partial charge in [0, 0.05) is 16.8 Å². The van der Waals surface area contributed by atoms with E-state index in [-0.39, 0.29) is 11.4 Å². The Bertz CT molecular complexity index is 583. The molecule has 0 aliphatic rings. The summed E-state index contributed by atoms with van der Waals surface area (Å²) < 4.78 is 14.4. The lowest BCUT2D eigenvalue weighted by Crippen LogP contribution is -1.99. The Morgan fingerprint density at radius 3 is 2.94 bits per heavy atom. The summed E-state index contributed by atoms with van der Waals surface area (Å²) in [5.41, 5.74) is 1.41. The molecule has 18 heavy (non-hydrogen) atoms. The van der Waals surface area contributed by atoms with Gasteiger partial charge in [-0.05, 0) is 30.7 Å². The molecule has 0 amide bonds. The number of halogens is 1. The van der Waals surface area contributed by atoms with E-state index in [2.05, 4.69) is 4.98 Å². The Morgan fingerprint density at radius 2 is 2.33 bits per heavy atom. The number of hydrogen-bond acceptors (Lipinski definition) is 4. The van der Waals surface area contributed by atoms with Crippen LogP contribution in [-0.2, 0) is 5.75 Å². The van der Waals surface area contributed by atoms with Crippen LogP contribution in [0.25, 0.3) is 0 Å². The lowest BCUT2D eigenvalue weighted by atomic mass is 10.1. The van der Waals surface area contributed by atoms with Crippen molar-refractivity contribution >= 4 is 29.1 Å². The Balaban J connectivity index is 2.13. The van der Waals surface area contributed by atoms with E-state index < -0.39 is 5.97 Å². The van der Waals surface area contributed by atoms with E-state index in [9.17, 15) is 9.18 Å². The molecule has 6 heteroatoms. The molecule has 0 aliphatic heterocycles. The highest BCUT2D eigenvalue weighted by Crippen LogP contribution is 2.27. The minimum atomic E-state index is -1.05. The maximum atomic E-state index is 13.5. The van der Waals surface area contributed by atoms with Crippen LogP contribution in [0.15, 0.2) is 27.9 Å². The molecule has 0 unspecified atom stereocenters. The monoisotopic (exact) mass is 283 g/mol. The van der Waals surface area contributed by atoms with Gasteiger partial charge in [-0.25, -0.2) is 14.2 Å². The van der Waals surface area contributed by atoms with Gasteiger partial charge >= 0.3 is 5.97 Å². The number of rotatable bonds is 4. The van der Waals surface area contributed by atoms with Crippen molar-refractivity contribution in [3.8, 4) is 0 Å². The maximum absolute atomic E-state index is 13.5. The number of thiazole rings is 1. The topological polar surface area (TPSA) is 50.2 Å². The average Bonchev–Trinajstić information content (AvgIpc) is 2.74. The van der Waals surface area contributed by atoms with Crippen LogP contribution in [0.4, 0.5) is 4.39 Å². The predicted molar refractivity (Wildman–Crippen MR) is 69.8 cm³/mol. The molecule has 0 spiro atoms. The van der Waals surface area contributed by atoms with Gasteiger partial charge in [0.1, 0.15) is 10.2 Å². The van der Waals surface area contributed by atoms with Gasteiger partial charge in [0.25, 0.3) is 0 Å². The molecule has 0 bridgehead atoms. The smallest absolute Gasteiger partial charge is 0.335 e. The summed E-state index contributed by atoms with van der Waals surface area (Å²) in [7, 11) is 0. The number of benzene rings is 1. The molecule has 1 aromatic carbocycles. The Labute approximate surface area is 112 Å². The second kappa shape index (κ2) is 5.49. The number of carbonyl (C=O) groups is 1. The first kappa shape index (κ1) is 13.0. The number of aryl methyl sites for hydroxylation is 1. The van der Waals surface area contributed by atoms with E-state index in [1.165, 1.54) is 41.3 Å². The molecule has 1 aromatic heterocycles. The lowest BCUT2D eigenvalue weighted by Gasteiger charge is -2.03. The van der Waals surface area contributed by atoms with Crippen molar-refractivity contribution in [2.75, 3.05) is 0 Å².